The molecule has 176 valence electrons. The molecule has 2 aromatic rings. The topological polar surface area (TPSA) is 9.23 Å². The zero-order valence-corrected chi connectivity index (χ0v) is 19.5. The van der Waals surface area contributed by atoms with E-state index in [1.54, 1.807) is 18.2 Å². The summed E-state index contributed by atoms with van der Waals surface area (Å²) in [6, 6.07) is 10.6. The summed E-state index contributed by atoms with van der Waals surface area (Å²) in [6.45, 7) is 4.30. The van der Waals surface area contributed by atoms with Crippen LogP contribution in [0.2, 0.25) is 0 Å². The Hall–Kier alpha value is -2.49. The minimum Gasteiger partial charge on any atom is -0.486 e. The standard InChI is InChI=1S/C29H33F3O/c1-3-4-20-6-10-23(11-7-20)25-15-16-27(29(32)28(25)31)33-18-21-8-12-22(13-9-21)24-14-5-19(2)17-26(24)30/h8-9,12-17,19-20,23H,3-7,10-11,18H2,1-2H3. The molecule has 1 atom stereocenters. The van der Waals surface area contributed by atoms with E-state index in [9.17, 15) is 13.2 Å². The maximum atomic E-state index is 14.8. The van der Waals surface area contributed by atoms with Crippen molar-refractivity contribution in [2.24, 2.45) is 11.8 Å². The van der Waals surface area contributed by atoms with Crippen LogP contribution in [-0.2, 0) is 6.61 Å². The third-order valence-corrected chi connectivity index (χ3v) is 7.10. The molecule has 0 radical (unpaired) electrons. The van der Waals surface area contributed by atoms with Crippen LogP contribution in [0, 0.1) is 23.5 Å². The molecule has 1 fully saturated rings. The Bertz CT molecular complexity index is 1010. The number of hydrogen-bond donors (Lipinski definition) is 0. The average molecular weight is 455 g/mol. The van der Waals surface area contributed by atoms with E-state index in [2.05, 4.69) is 6.92 Å². The highest BCUT2D eigenvalue weighted by Crippen LogP contribution is 2.40. The Morgan fingerprint density at radius 3 is 2.30 bits per heavy atom. The second kappa shape index (κ2) is 10.6. The first-order valence-corrected chi connectivity index (χ1v) is 12.2. The number of benzene rings is 2. The van der Waals surface area contributed by atoms with Gasteiger partial charge in [-0.15, -0.1) is 0 Å². The molecule has 0 aliphatic heterocycles. The number of hydrogen-bond acceptors (Lipinski definition) is 1. The van der Waals surface area contributed by atoms with Gasteiger partial charge in [0, 0.05) is 5.57 Å². The fourth-order valence-corrected chi connectivity index (χ4v) is 5.15. The van der Waals surface area contributed by atoms with Gasteiger partial charge in [0.25, 0.3) is 0 Å². The average Bonchev–Trinajstić information content (AvgIpc) is 2.81. The molecule has 0 amide bonds. The first-order valence-electron chi connectivity index (χ1n) is 12.2. The Morgan fingerprint density at radius 1 is 0.909 bits per heavy atom. The lowest BCUT2D eigenvalue weighted by molar-refractivity contribution is 0.279. The number of rotatable bonds is 7. The third kappa shape index (κ3) is 5.54. The molecule has 1 unspecified atom stereocenters. The van der Waals surface area contributed by atoms with Gasteiger partial charge in [-0.3, -0.25) is 0 Å². The molecule has 2 aromatic carbocycles. The molecule has 4 rings (SSSR count). The van der Waals surface area contributed by atoms with Crippen LogP contribution in [0.1, 0.15) is 81.4 Å². The summed E-state index contributed by atoms with van der Waals surface area (Å²) < 4.78 is 49.4. The summed E-state index contributed by atoms with van der Waals surface area (Å²) in [5.41, 5.74) is 2.69. The Morgan fingerprint density at radius 2 is 1.64 bits per heavy atom. The second-order valence-electron chi connectivity index (χ2n) is 9.62. The van der Waals surface area contributed by atoms with E-state index in [-0.39, 0.29) is 30.0 Å². The largest absolute Gasteiger partial charge is 0.486 e. The van der Waals surface area contributed by atoms with Gasteiger partial charge in [0.15, 0.2) is 11.6 Å². The quantitative estimate of drug-likeness (QED) is 0.406. The van der Waals surface area contributed by atoms with Crippen molar-refractivity contribution in [3.63, 3.8) is 0 Å². The minimum atomic E-state index is -0.909. The lowest BCUT2D eigenvalue weighted by Gasteiger charge is -2.29. The monoisotopic (exact) mass is 454 g/mol. The molecule has 1 nitrogen and oxygen atoms in total. The second-order valence-corrected chi connectivity index (χ2v) is 9.62. The van der Waals surface area contributed by atoms with E-state index in [0.29, 0.717) is 11.1 Å². The fraction of sp³-hybridized carbons (Fsp3) is 0.448. The molecule has 4 heteroatoms. The molecule has 0 N–H and O–H groups in total. The maximum absolute atomic E-state index is 14.8. The molecule has 1 saturated carbocycles. The molecule has 0 saturated heterocycles. The Balaban J connectivity index is 1.38. The van der Waals surface area contributed by atoms with Gasteiger partial charge >= 0.3 is 0 Å². The summed E-state index contributed by atoms with van der Waals surface area (Å²) in [6.07, 6.45) is 10.8. The van der Waals surface area contributed by atoms with Crippen LogP contribution in [0.25, 0.3) is 5.57 Å². The predicted molar refractivity (Wildman–Crippen MR) is 128 cm³/mol. The first-order chi connectivity index (χ1) is 16.0. The number of halogens is 3. The van der Waals surface area contributed by atoms with Gasteiger partial charge in [-0.25, -0.2) is 8.78 Å². The van der Waals surface area contributed by atoms with E-state index >= 15 is 0 Å². The number of allylic oxidation sites excluding steroid dienone is 4. The minimum absolute atomic E-state index is 0.0713. The van der Waals surface area contributed by atoms with Crippen molar-refractivity contribution in [1.29, 1.82) is 0 Å². The van der Waals surface area contributed by atoms with E-state index in [1.807, 2.05) is 37.3 Å². The van der Waals surface area contributed by atoms with E-state index in [4.69, 9.17) is 4.74 Å². The van der Waals surface area contributed by atoms with Crippen molar-refractivity contribution < 1.29 is 17.9 Å². The van der Waals surface area contributed by atoms with Crippen molar-refractivity contribution >= 4 is 5.57 Å². The van der Waals surface area contributed by atoms with Crippen molar-refractivity contribution in [3.05, 3.63) is 82.7 Å². The van der Waals surface area contributed by atoms with Gasteiger partial charge in [-0.05, 0) is 78.7 Å². The van der Waals surface area contributed by atoms with E-state index < -0.39 is 11.6 Å². The van der Waals surface area contributed by atoms with Crippen LogP contribution < -0.4 is 4.74 Å². The van der Waals surface area contributed by atoms with Crippen LogP contribution in [-0.4, -0.2) is 0 Å². The summed E-state index contributed by atoms with van der Waals surface area (Å²) in [4.78, 5) is 0. The predicted octanol–water partition coefficient (Wildman–Crippen LogP) is 8.89. The Kier molecular flexibility index (Phi) is 7.62. The highest BCUT2D eigenvalue weighted by molar-refractivity contribution is 5.78. The highest BCUT2D eigenvalue weighted by Gasteiger charge is 2.26. The molecule has 2 aliphatic rings. The van der Waals surface area contributed by atoms with Gasteiger partial charge in [-0.1, -0.05) is 63.1 Å². The van der Waals surface area contributed by atoms with Gasteiger partial charge in [0.2, 0.25) is 5.82 Å². The molecule has 0 aromatic heterocycles. The van der Waals surface area contributed by atoms with Crippen molar-refractivity contribution in [3.8, 4) is 5.75 Å². The molecular weight excluding hydrogens is 421 g/mol. The lowest BCUT2D eigenvalue weighted by atomic mass is 9.77. The highest BCUT2D eigenvalue weighted by atomic mass is 19.2. The van der Waals surface area contributed by atoms with Crippen LogP contribution >= 0.6 is 0 Å². The lowest BCUT2D eigenvalue weighted by Crippen LogP contribution is -2.15. The molecule has 33 heavy (non-hydrogen) atoms. The summed E-state index contributed by atoms with van der Waals surface area (Å²) in [5.74, 6) is -0.943. The van der Waals surface area contributed by atoms with Crippen molar-refractivity contribution in [1.82, 2.24) is 0 Å². The smallest absolute Gasteiger partial charge is 0.200 e. The maximum Gasteiger partial charge on any atom is 0.200 e. The molecule has 2 aliphatic carbocycles. The van der Waals surface area contributed by atoms with Gasteiger partial charge in [-0.2, -0.15) is 4.39 Å². The molecule has 0 bridgehead atoms. The normalized spacial score (nSPS) is 23.1. The van der Waals surface area contributed by atoms with Crippen molar-refractivity contribution in [2.45, 2.75) is 71.3 Å². The first kappa shape index (κ1) is 23.7. The summed E-state index contributed by atoms with van der Waals surface area (Å²) >= 11 is 0. The zero-order valence-electron chi connectivity index (χ0n) is 19.5. The number of ether oxygens (including phenoxy) is 1. The van der Waals surface area contributed by atoms with Gasteiger partial charge in [0.05, 0.1) is 0 Å². The van der Waals surface area contributed by atoms with Gasteiger partial charge in [0.1, 0.15) is 12.4 Å². The van der Waals surface area contributed by atoms with Crippen LogP contribution in [0.3, 0.4) is 0 Å². The summed E-state index contributed by atoms with van der Waals surface area (Å²) in [7, 11) is 0. The van der Waals surface area contributed by atoms with E-state index in [0.717, 1.165) is 49.1 Å². The fourth-order valence-electron chi connectivity index (χ4n) is 5.15. The molecule has 0 heterocycles. The van der Waals surface area contributed by atoms with Crippen LogP contribution in [0.4, 0.5) is 13.2 Å². The molecule has 0 spiro atoms. The van der Waals surface area contributed by atoms with Crippen molar-refractivity contribution in [2.75, 3.05) is 0 Å². The third-order valence-electron chi connectivity index (χ3n) is 7.10. The summed E-state index contributed by atoms with van der Waals surface area (Å²) in [5, 5.41) is 0. The SMILES string of the molecule is CCCC1CCC(c2ccc(OCc3ccc(C4=CCC(C)C=C4F)cc3)c(F)c2F)CC1. The van der Waals surface area contributed by atoms with Crippen LogP contribution in [0.15, 0.2) is 54.4 Å². The van der Waals surface area contributed by atoms with Crippen LogP contribution in [0.5, 0.6) is 5.75 Å². The molecular formula is C29H33F3O. The van der Waals surface area contributed by atoms with Gasteiger partial charge < -0.3 is 4.74 Å². The Labute approximate surface area is 195 Å². The zero-order chi connectivity index (χ0) is 23.4. The van der Waals surface area contributed by atoms with E-state index in [1.165, 1.54) is 12.8 Å².